The lowest BCUT2D eigenvalue weighted by Gasteiger charge is -2.08. The number of nitrogens with one attached hydrogen (secondary N) is 2. The number of rotatable bonds is 10. The quantitative estimate of drug-likeness (QED) is 0.359. The molecule has 0 radical (unpaired) electrons. The van der Waals surface area contributed by atoms with Crippen molar-refractivity contribution >= 4 is 56.1 Å². The summed E-state index contributed by atoms with van der Waals surface area (Å²) in [5.41, 5.74) is 3.07. The van der Waals surface area contributed by atoms with E-state index in [9.17, 15) is 18.0 Å². The van der Waals surface area contributed by atoms with Crippen molar-refractivity contribution in [3.05, 3.63) is 35.5 Å². The fraction of sp³-hybridized carbons (Fsp3) is 0.500. The van der Waals surface area contributed by atoms with E-state index in [1.165, 1.54) is 12.6 Å². The van der Waals surface area contributed by atoms with E-state index in [1.54, 1.807) is 0 Å². The summed E-state index contributed by atoms with van der Waals surface area (Å²) in [5, 5.41) is 16.9. The summed E-state index contributed by atoms with van der Waals surface area (Å²) in [6.45, 7) is 0.964. The molecular formula is C20H31Cl2N3O6S. The zero-order chi connectivity index (χ0) is 24.7. The van der Waals surface area contributed by atoms with E-state index in [1.807, 2.05) is 38.5 Å². The summed E-state index contributed by atoms with van der Waals surface area (Å²) in [4.78, 5) is 24.6. The second-order valence-electron chi connectivity index (χ2n) is 6.88. The highest BCUT2D eigenvalue weighted by Crippen LogP contribution is 2.21. The monoisotopic (exact) mass is 511 g/mol. The van der Waals surface area contributed by atoms with Gasteiger partial charge in [0.1, 0.15) is 0 Å². The molecule has 4 N–H and O–H groups in total. The Morgan fingerprint density at radius 1 is 1.09 bits per heavy atom. The lowest BCUT2D eigenvalue weighted by molar-refractivity contribution is -0.143. The van der Waals surface area contributed by atoms with Crippen LogP contribution in [0.4, 0.5) is 0 Å². The Morgan fingerprint density at radius 3 is 2.09 bits per heavy atom. The lowest BCUT2D eigenvalue weighted by atomic mass is 10.1. The maximum atomic E-state index is 11.6. The van der Waals surface area contributed by atoms with Crippen LogP contribution in [-0.2, 0) is 31.8 Å². The Bertz CT molecular complexity index is 932. The van der Waals surface area contributed by atoms with E-state index in [0.29, 0.717) is 11.8 Å². The van der Waals surface area contributed by atoms with Crippen molar-refractivity contribution in [2.75, 3.05) is 39.4 Å². The Labute approximate surface area is 198 Å². The number of hydrogen-bond donors (Lipinski definition) is 4. The van der Waals surface area contributed by atoms with E-state index in [2.05, 4.69) is 14.6 Å². The molecule has 0 unspecified atom stereocenters. The summed E-state index contributed by atoms with van der Waals surface area (Å²) >= 11 is 10.1. The van der Waals surface area contributed by atoms with Crippen molar-refractivity contribution in [1.29, 1.82) is 0 Å². The van der Waals surface area contributed by atoms with Crippen molar-refractivity contribution in [2.45, 2.75) is 25.0 Å². The molecular weight excluding hydrogens is 481 g/mol. The zero-order valence-corrected chi connectivity index (χ0v) is 20.7. The molecule has 0 aliphatic heterocycles. The number of hydrogen-bond acceptors (Lipinski definition) is 5. The number of likely N-dealkylation sites (N-methyl/N-ethyl adjacent to an activating group) is 1. The molecule has 12 heteroatoms. The Hall–Kier alpha value is -1.85. The van der Waals surface area contributed by atoms with Gasteiger partial charge in [0.25, 0.3) is 0 Å². The number of fused-ring (bicyclic) bond motifs is 1. The molecule has 1 aromatic carbocycles. The maximum Gasteiger partial charge on any atom is 0.303 e. The zero-order valence-electron chi connectivity index (χ0n) is 18.4. The molecule has 0 fully saturated rings. The van der Waals surface area contributed by atoms with Crippen molar-refractivity contribution in [2.24, 2.45) is 0 Å². The van der Waals surface area contributed by atoms with Gasteiger partial charge < -0.3 is 20.1 Å². The van der Waals surface area contributed by atoms with Gasteiger partial charge in [-0.1, -0.05) is 6.07 Å². The number of carboxylic acid groups (broad SMARTS) is 2. The Balaban J connectivity index is 0.000000666. The number of aromatic nitrogens is 1. The van der Waals surface area contributed by atoms with Crippen molar-refractivity contribution in [3.63, 3.8) is 0 Å². The van der Waals surface area contributed by atoms with Gasteiger partial charge in [-0.05, 0) is 50.8 Å². The number of aliphatic carboxylic acids is 2. The molecule has 0 bridgehead atoms. The number of H-pyrrole nitrogens is 1. The molecule has 0 aliphatic rings. The third kappa shape index (κ3) is 13.5. The molecule has 182 valence electrons. The normalized spacial score (nSPS) is 10.8. The minimum absolute atomic E-state index is 0.0116. The van der Waals surface area contributed by atoms with Gasteiger partial charge in [-0.3, -0.25) is 9.59 Å². The number of benzene rings is 1. The first kappa shape index (κ1) is 30.1. The van der Waals surface area contributed by atoms with Crippen molar-refractivity contribution < 1.29 is 28.2 Å². The van der Waals surface area contributed by atoms with Crippen LogP contribution >= 0.6 is 23.2 Å². The van der Waals surface area contributed by atoms with Gasteiger partial charge in [0, 0.05) is 35.4 Å². The van der Waals surface area contributed by atoms with Gasteiger partial charge in [-0.25, -0.2) is 13.1 Å². The first-order valence-electron chi connectivity index (χ1n) is 9.66. The number of carbonyl (C=O) groups is 2. The summed E-state index contributed by atoms with van der Waals surface area (Å²) in [5.74, 6) is -1.03. The molecule has 0 atom stereocenters. The summed E-state index contributed by atoms with van der Waals surface area (Å²) in [7, 11) is 2.29. The van der Waals surface area contributed by atoms with Gasteiger partial charge in [-0.2, -0.15) is 0 Å². The molecule has 9 nitrogen and oxygen atoms in total. The van der Waals surface area contributed by atoms with Crippen LogP contribution in [0.5, 0.6) is 0 Å². The minimum atomic E-state index is -3.23. The third-order valence-electron chi connectivity index (χ3n) is 3.95. The first-order valence-corrected chi connectivity index (χ1v) is 12.4. The summed E-state index contributed by atoms with van der Waals surface area (Å²) < 4.78 is 25.6. The molecule has 2 rings (SSSR count). The van der Waals surface area contributed by atoms with Crippen LogP contribution in [0, 0.1) is 0 Å². The van der Waals surface area contributed by atoms with Gasteiger partial charge in [0.2, 0.25) is 10.0 Å². The smallest absolute Gasteiger partial charge is 0.303 e. The van der Waals surface area contributed by atoms with Crippen LogP contribution < -0.4 is 4.72 Å². The Kier molecular flexibility index (Phi) is 15.0. The molecule has 0 saturated heterocycles. The van der Waals surface area contributed by atoms with Crippen LogP contribution in [0.2, 0.25) is 0 Å². The van der Waals surface area contributed by atoms with Crippen LogP contribution in [0.15, 0.2) is 24.4 Å². The number of nitrogens with zero attached hydrogens (tertiary/aromatic N) is 1. The van der Waals surface area contributed by atoms with E-state index in [4.69, 9.17) is 33.4 Å². The van der Waals surface area contributed by atoms with E-state index < -0.39 is 22.0 Å². The predicted molar refractivity (Wildman–Crippen MR) is 128 cm³/mol. The average Bonchev–Trinajstić information content (AvgIpc) is 3.13. The van der Waals surface area contributed by atoms with Crippen LogP contribution in [0.1, 0.15) is 24.0 Å². The molecule has 1 aromatic heterocycles. The molecule has 0 spiro atoms. The average molecular weight is 512 g/mol. The maximum absolute atomic E-state index is 11.6. The fourth-order valence-corrected chi connectivity index (χ4v) is 3.13. The van der Waals surface area contributed by atoms with Crippen molar-refractivity contribution in [3.8, 4) is 0 Å². The van der Waals surface area contributed by atoms with Crippen molar-refractivity contribution in [1.82, 2.24) is 14.6 Å². The molecule has 1 heterocycles. The molecule has 2 aromatic rings. The van der Waals surface area contributed by atoms with Gasteiger partial charge in [0.15, 0.2) is 0 Å². The Morgan fingerprint density at radius 2 is 1.66 bits per heavy atom. The SMILES string of the molecule is CNS(=O)(=O)Cc1ccc2[nH]cc(CCN(C)C)c2c1.ClCCCl.O=C(O)CCC(=O)O. The second-order valence-corrected chi connectivity index (χ2v) is 9.56. The highest BCUT2D eigenvalue weighted by Gasteiger charge is 2.11. The number of halogens is 2. The topological polar surface area (TPSA) is 140 Å². The fourth-order valence-electron chi connectivity index (χ4n) is 2.37. The van der Waals surface area contributed by atoms with Crippen LogP contribution in [0.25, 0.3) is 10.9 Å². The minimum Gasteiger partial charge on any atom is -0.481 e. The highest BCUT2D eigenvalue weighted by atomic mass is 35.5. The third-order valence-corrected chi connectivity index (χ3v) is 5.86. The molecule has 0 aliphatic carbocycles. The van der Waals surface area contributed by atoms with Crippen LogP contribution in [0.3, 0.4) is 0 Å². The molecule has 0 amide bonds. The highest BCUT2D eigenvalue weighted by molar-refractivity contribution is 7.88. The lowest BCUT2D eigenvalue weighted by Crippen LogP contribution is -2.20. The second kappa shape index (κ2) is 15.9. The standard InChI is InChI=1S/C14H21N3O2S.C4H6O4.C2H4Cl2/c1-15-20(18,19)10-11-4-5-14-13(8-11)12(9-16-14)6-7-17(2)3;5-3(6)1-2-4(7)8;3-1-2-4/h4-5,8-9,15-16H,6-7,10H2,1-3H3;1-2H2,(H,5,6)(H,7,8);1-2H2. The summed E-state index contributed by atoms with van der Waals surface area (Å²) in [6, 6.07) is 5.75. The number of alkyl halides is 2. The van der Waals surface area contributed by atoms with E-state index in [-0.39, 0.29) is 18.6 Å². The van der Waals surface area contributed by atoms with E-state index >= 15 is 0 Å². The molecule has 0 saturated carbocycles. The number of sulfonamides is 1. The summed E-state index contributed by atoms with van der Waals surface area (Å²) in [6.07, 6.45) is 2.35. The number of carboxylic acids is 2. The van der Waals surface area contributed by atoms with E-state index in [0.717, 1.165) is 29.4 Å². The largest absolute Gasteiger partial charge is 0.481 e. The van der Waals surface area contributed by atoms with Crippen LogP contribution in [-0.4, -0.2) is 79.9 Å². The van der Waals surface area contributed by atoms with Gasteiger partial charge in [0.05, 0.1) is 18.6 Å². The molecule has 32 heavy (non-hydrogen) atoms. The number of aromatic amines is 1. The predicted octanol–water partition coefficient (Wildman–Crippen LogP) is 2.72. The first-order chi connectivity index (χ1) is 14.9. The van der Waals surface area contributed by atoms with Gasteiger partial charge in [-0.15, -0.1) is 23.2 Å². The van der Waals surface area contributed by atoms with Gasteiger partial charge >= 0.3 is 11.9 Å².